The molecule has 1 aromatic heterocycles. The molecular weight excluding hydrogens is 234 g/mol. The summed E-state index contributed by atoms with van der Waals surface area (Å²) in [6.07, 6.45) is 2.07. The van der Waals surface area contributed by atoms with Gasteiger partial charge in [0.15, 0.2) is 6.20 Å². The molecule has 0 radical (unpaired) electrons. The van der Waals surface area contributed by atoms with Crippen molar-refractivity contribution in [2.24, 2.45) is 7.05 Å². The van der Waals surface area contributed by atoms with E-state index >= 15 is 0 Å². The fraction of sp³-hybridized carbons (Fsp3) is 0.375. The number of hydrogen-bond donors (Lipinski definition) is 0. The quantitative estimate of drug-likeness (QED) is 0.770. The Bertz CT molecular complexity index is 592. The maximum absolute atomic E-state index is 4.58. The standard InChI is InChI=1S/C16H22N3/c1-11-9-14(18(4)5)7-8-15(11)16-13(3)17-12(2)10-19(16)6/h7-10H,1-6H3/q+1. The molecule has 0 unspecified atom stereocenters. The van der Waals surface area contributed by atoms with Gasteiger partial charge in [0.05, 0.1) is 5.56 Å². The van der Waals surface area contributed by atoms with E-state index < -0.39 is 0 Å². The third kappa shape index (κ3) is 2.60. The molecule has 2 aromatic rings. The van der Waals surface area contributed by atoms with Crippen molar-refractivity contribution in [1.29, 1.82) is 0 Å². The Morgan fingerprint density at radius 3 is 2.32 bits per heavy atom. The monoisotopic (exact) mass is 256 g/mol. The van der Waals surface area contributed by atoms with E-state index in [0.717, 1.165) is 11.4 Å². The second-order valence-electron chi connectivity index (χ2n) is 5.32. The molecule has 0 aliphatic carbocycles. The molecule has 3 heteroatoms. The van der Waals surface area contributed by atoms with Gasteiger partial charge >= 0.3 is 0 Å². The van der Waals surface area contributed by atoms with Gasteiger partial charge in [0.1, 0.15) is 18.4 Å². The average molecular weight is 256 g/mol. The maximum atomic E-state index is 4.58. The number of aryl methyl sites for hydroxylation is 4. The first-order chi connectivity index (χ1) is 8.90. The first kappa shape index (κ1) is 13.5. The minimum absolute atomic E-state index is 1.05. The van der Waals surface area contributed by atoms with Crippen LogP contribution in [0.15, 0.2) is 24.4 Å². The Kier molecular flexibility index (Phi) is 3.56. The lowest BCUT2D eigenvalue weighted by atomic mass is 10.0. The molecule has 2 rings (SSSR count). The zero-order valence-electron chi connectivity index (χ0n) is 12.7. The van der Waals surface area contributed by atoms with Gasteiger partial charge in [-0.2, -0.15) is 4.57 Å². The highest BCUT2D eigenvalue weighted by Crippen LogP contribution is 2.26. The number of anilines is 1. The van der Waals surface area contributed by atoms with Crippen LogP contribution in [0.5, 0.6) is 0 Å². The van der Waals surface area contributed by atoms with Gasteiger partial charge in [-0.1, -0.05) is 0 Å². The summed E-state index contributed by atoms with van der Waals surface area (Å²) in [5.74, 6) is 0. The van der Waals surface area contributed by atoms with E-state index in [0.29, 0.717) is 0 Å². The predicted octanol–water partition coefficient (Wildman–Crippen LogP) is 2.56. The molecule has 0 aliphatic heterocycles. The minimum Gasteiger partial charge on any atom is -0.378 e. The van der Waals surface area contributed by atoms with E-state index in [9.17, 15) is 0 Å². The Balaban J connectivity index is 2.60. The van der Waals surface area contributed by atoms with Crippen molar-refractivity contribution in [2.45, 2.75) is 20.8 Å². The fourth-order valence-electron chi connectivity index (χ4n) is 2.52. The first-order valence-corrected chi connectivity index (χ1v) is 6.52. The van der Waals surface area contributed by atoms with E-state index in [-0.39, 0.29) is 0 Å². The van der Waals surface area contributed by atoms with E-state index in [1.165, 1.54) is 22.5 Å². The molecule has 0 N–H and O–H groups in total. The number of aromatic nitrogens is 2. The molecule has 0 fully saturated rings. The van der Waals surface area contributed by atoms with Gasteiger partial charge in [0.25, 0.3) is 0 Å². The average Bonchev–Trinajstić information content (AvgIpc) is 2.29. The van der Waals surface area contributed by atoms with Gasteiger partial charge in [-0.05, 0) is 44.5 Å². The third-order valence-electron chi connectivity index (χ3n) is 3.40. The summed E-state index contributed by atoms with van der Waals surface area (Å²) in [5.41, 5.74) is 7.05. The first-order valence-electron chi connectivity index (χ1n) is 6.52. The van der Waals surface area contributed by atoms with Gasteiger partial charge in [-0.15, -0.1) is 0 Å². The van der Waals surface area contributed by atoms with Crippen molar-refractivity contribution in [3.05, 3.63) is 41.3 Å². The highest BCUT2D eigenvalue weighted by atomic mass is 15.1. The largest absolute Gasteiger partial charge is 0.378 e. The van der Waals surface area contributed by atoms with Gasteiger partial charge in [0, 0.05) is 19.8 Å². The number of rotatable bonds is 2. The summed E-state index contributed by atoms with van der Waals surface area (Å²) < 4.78 is 2.16. The number of nitrogens with zero attached hydrogens (tertiary/aromatic N) is 3. The summed E-state index contributed by atoms with van der Waals surface area (Å²) in [6.45, 7) is 6.25. The van der Waals surface area contributed by atoms with Crippen molar-refractivity contribution in [3.8, 4) is 11.3 Å². The van der Waals surface area contributed by atoms with Crippen LogP contribution in [0.1, 0.15) is 17.0 Å². The fourth-order valence-corrected chi connectivity index (χ4v) is 2.52. The smallest absolute Gasteiger partial charge is 0.233 e. The van der Waals surface area contributed by atoms with Crippen LogP contribution in [-0.2, 0) is 7.05 Å². The topological polar surface area (TPSA) is 20.0 Å². The SMILES string of the molecule is Cc1c[n+](C)c(-c2ccc(N(C)C)cc2C)c(C)n1. The lowest BCUT2D eigenvalue weighted by Gasteiger charge is -2.15. The van der Waals surface area contributed by atoms with E-state index in [1.807, 2.05) is 6.92 Å². The molecule has 0 saturated carbocycles. The highest BCUT2D eigenvalue weighted by molar-refractivity contribution is 5.67. The van der Waals surface area contributed by atoms with Gasteiger partial charge in [-0.25, -0.2) is 4.98 Å². The van der Waals surface area contributed by atoms with Crippen molar-refractivity contribution in [2.75, 3.05) is 19.0 Å². The van der Waals surface area contributed by atoms with Crippen molar-refractivity contribution in [3.63, 3.8) is 0 Å². The molecular formula is C16H22N3+. The van der Waals surface area contributed by atoms with Crippen LogP contribution < -0.4 is 9.47 Å². The molecule has 100 valence electrons. The van der Waals surface area contributed by atoms with Crippen LogP contribution in [0.25, 0.3) is 11.3 Å². The normalized spacial score (nSPS) is 10.6. The summed E-state index contributed by atoms with van der Waals surface area (Å²) in [7, 11) is 6.20. The van der Waals surface area contributed by atoms with Crippen molar-refractivity contribution >= 4 is 5.69 Å². The summed E-state index contributed by atoms with van der Waals surface area (Å²) in [6, 6.07) is 6.56. The molecule has 19 heavy (non-hydrogen) atoms. The van der Waals surface area contributed by atoms with Crippen LogP contribution >= 0.6 is 0 Å². The van der Waals surface area contributed by atoms with E-state index in [2.05, 4.69) is 73.8 Å². The van der Waals surface area contributed by atoms with Crippen LogP contribution in [0.4, 0.5) is 5.69 Å². The molecule has 1 heterocycles. The number of hydrogen-bond acceptors (Lipinski definition) is 2. The Labute approximate surface area is 115 Å². The van der Waals surface area contributed by atoms with Crippen LogP contribution in [0.2, 0.25) is 0 Å². The van der Waals surface area contributed by atoms with Crippen LogP contribution in [-0.4, -0.2) is 19.1 Å². The summed E-state index contributed by atoms with van der Waals surface area (Å²) >= 11 is 0. The second-order valence-corrected chi connectivity index (χ2v) is 5.32. The molecule has 0 spiro atoms. The van der Waals surface area contributed by atoms with E-state index in [1.54, 1.807) is 0 Å². The lowest BCUT2D eigenvalue weighted by Crippen LogP contribution is -2.33. The molecule has 0 atom stereocenters. The Morgan fingerprint density at radius 1 is 1.11 bits per heavy atom. The van der Waals surface area contributed by atoms with E-state index in [4.69, 9.17) is 0 Å². The lowest BCUT2D eigenvalue weighted by molar-refractivity contribution is -0.661. The second kappa shape index (κ2) is 5.00. The predicted molar refractivity (Wildman–Crippen MR) is 79.4 cm³/mol. The molecule has 0 saturated heterocycles. The highest BCUT2D eigenvalue weighted by Gasteiger charge is 2.17. The Hall–Kier alpha value is -1.90. The van der Waals surface area contributed by atoms with Crippen molar-refractivity contribution in [1.82, 2.24) is 4.98 Å². The Morgan fingerprint density at radius 2 is 1.79 bits per heavy atom. The minimum atomic E-state index is 1.05. The zero-order chi connectivity index (χ0) is 14.2. The molecule has 0 amide bonds. The zero-order valence-corrected chi connectivity index (χ0v) is 12.7. The van der Waals surface area contributed by atoms with Gasteiger partial charge < -0.3 is 4.90 Å². The molecule has 1 aromatic carbocycles. The summed E-state index contributed by atoms with van der Waals surface area (Å²) in [4.78, 5) is 6.70. The van der Waals surface area contributed by atoms with Gasteiger partial charge in [-0.3, -0.25) is 0 Å². The maximum Gasteiger partial charge on any atom is 0.233 e. The van der Waals surface area contributed by atoms with Crippen molar-refractivity contribution < 1.29 is 4.57 Å². The van der Waals surface area contributed by atoms with Gasteiger partial charge in [0.2, 0.25) is 5.69 Å². The van der Waals surface area contributed by atoms with Crippen LogP contribution in [0.3, 0.4) is 0 Å². The third-order valence-corrected chi connectivity index (χ3v) is 3.40. The molecule has 3 nitrogen and oxygen atoms in total. The number of benzene rings is 1. The molecule has 0 aliphatic rings. The molecule has 0 bridgehead atoms. The summed E-state index contributed by atoms with van der Waals surface area (Å²) in [5, 5.41) is 0. The van der Waals surface area contributed by atoms with Crippen LogP contribution in [0, 0.1) is 20.8 Å².